The molecule has 3 heterocycles. The van der Waals surface area contributed by atoms with E-state index in [4.69, 9.17) is 14.7 Å². The van der Waals surface area contributed by atoms with Crippen molar-refractivity contribution >= 4 is 11.9 Å². The van der Waals surface area contributed by atoms with Crippen LogP contribution in [-0.4, -0.2) is 45.3 Å². The van der Waals surface area contributed by atoms with Gasteiger partial charge in [-0.3, -0.25) is 4.98 Å². The fraction of sp³-hybridized carbons (Fsp3) is 0.545. The van der Waals surface area contributed by atoms with E-state index in [2.05, 4.69) is 35.1 Å². The lowest BCUT2D eigenvalue weighted by Gasteiger charge is -2.39. The molecule has 2 atom stereocenters. The molecule has 1 N–H and O–H groups in total. The van der Waals surface area contributed by atoms with Crippen LogP contribution in [0.25, 0.3) is 11.4 Å². The number of piperidine rings is 1. The van der Waals surface area contributed by atoms with Crippen LogP contribution in [0.4, 0.5) is 10.6 Å². The molecule has 0 radical (unpaired) electrons. The summed E-state index contributed by atoms with van der Waals surface area (Å²) in [6.45, 7) is 10.7. The van der Waals surface area contributed by atoms with E-state index in [-0.39, 0.29) is 18.2 Å². The maximum absolute atomic E-state index is 12.1. The molecule has 7 nitrogen and oxygen atoms in total. The van der Waals surface area contributed by atoms with Crippen LogP contribution < -0.4 is 10.2 Å². The highest BCUT2D eigenvalue weighted by Gasteiger charge is 2.29. The highest BCUT2D eigenvalue weighted by Crippen LogP contribution is 2.26. The Morgan fingerprint density at radius 3 is 2.62 bits per heavy atom. The highest BCUT2D eigenvalue weighted by atomic mass is 16.6. The lowest BCUT2D eigenvalue weighted by atomic mass is 9.98. The summed E-state index contributed by atoms with van der Waals surface area (Å²) in [6.07, 6.45) is 5.70. The summed E-state index contributed by atoms with van der Waals surface area (Å²) in [5.74, 6) is 1.66. The van der Waals surface area contributed by atoms with E-state index in [9.17, 15) is 4.79 Å². The van der Waals surface area contributed by atoms with Crippen LogP contribution in [-0.2, 0) is 11.2 Å². The molecule has 0 saturated carbocycles. The molecular weight excluding hydrogens is 366 g/mol. The maximum atomic E-state index is 12.1. The average molecular weight is 398 g/mol. The molecule has 2 aromatic rings. The van der Waals surface area contributed by atoms with Crippen molar-refractivity contribution in [2.75, 3.05) is 11.4 Å². The fourth-order valence-electron chi connectivity index (χ4n) is 3.56. The molecule has 156 valence electrons. The normalized spacial score (nSPS) is 19.7. The molecule has 0 aliphatic carbocycles. The van der Waals surface area contributed by atoms with Crippen molar-refractivity contribution in [1.82, 2.24) is 20.3 Å². The molecule has 1 amide bonds. The minimum absolute atomic E-state index is 0.100. The van der Waals surface area contributed by atoms with Gasteiger partial charge in [0.05, 0.1) is 0 Å². The molecule has 2 aromatic heterocycles. The quantitative estimate of drug-likeness (QED) is 0.840. The Morgan fingerprint density at radius 1 is 1.28 bits per heavy atom. The number of hydrogen-bond acceptors (Lipinski definition) is 6. The summed E-state index contributed by atoms with van der Waals surface area (Å²) < 4.78 is 5.39. The van der Waals surface area contributed by atoms with E-state index in [0.717, 1.165) is 48.7 Å². The summed E-state index contributed by atoms with van der Waals surface area (Å²) in [5, 5.41) is 3.01. The van der Waals surface area contributed by atoms with Gasteiger partial charge in [-0.25, -0.2) is 14.8 Å². The number of hydrogen-bond donors (Lipinski definition) is 1. The van der Waals surface area contributed by atoms with E-state index in [1.807, 2.05) is 32.9 Å². The van der Waals surface area contributed by atoms with Gasteiger partial charge in [0.2, 0.25) is 0 Å². The second-order valence-electron chi connectivity index (χ2n) is 8.54. The molecule has 0 aromatic carbocycles. The van der Waals surface area contributed by atoms with E-state index in [1.54, 1.807) is 12.4 Å². The Balaban J connectivity index is 1.73. The summed E-state index contributed by atoms with van der Waals surface area (Å²) in [7, 11) is 0. The van der Waals surface area contributed by atoms with Gasteiger partial charge in [-0.15, -0.1) is 0 Å². The number of nitrogens with zero attached hydrogens (tertiary/aromatic N) is 4. The van der Waals surface area contributed by atoms with Gasteiger partial charge in [0.25, 0.3) is 0 Å². The first-order valence-electron chi connectivity index (χ1n) is 10.3. The Kier molecular flexibility index (Phi) is 6.35. The number of pyridine rings is 1. The number of aromatic nitrogens is 3. The number of amides is 1. The molecule has 1 saturated heterocycles. The summed E-state index contributed by atoms with van der Waals surface area (Å²) in [5.41, 5.74) is 1.49. The predicted octanol–water partition coefficient (Wildman–Crippen LogP) is 3.98. The Hall–Kier alpha value is -2.70. The van der Waals surface area contributed by atoms with E-state index in [1.165, 1.54) is 0 Å². The van der Waals surface area contributed by atoms with Crippen molar-refractivity contribution in [1.29, 1.82) is 0 Å². The van der Waals surface area contributed by atoms with Gasteiger partial charge in [-0.1, -0.05) is 6.92 Å². The van der Waals surface area contributed by atoms with Crippen molar-refractivity contribution in [2.24, 2.45) is 0 Å². The molecule has 7 heteroatoms. The van der Waals surface area contributed by atoms with Gasteiger partial charge >= 0.3 is 6.09 Å². The monoisotopic (exact) mass is 397 g/mol. The first-order chi connectivity index (χ1) is 13.7. The molecule has 1 aliphatic rings. The van der Waals surface area contributed by atoms with Gasteiger partial charge in [-0.2, -0.15) is 0 Å². The van der Waals surface area contributed by atoms with Crippen LogP contribution in [0.15, 0.2) is 30.6 Å². The number of carbonyl (C=O) groups excluding carboxylic acids is 1. The lowest BCUT2D eigenvalue weighted by Crippen LogP contribution is -2.50. The molecule has 0 bridgehead atoms. The van der Waals surface area contributed by atoms with Crippen molar-refractivity contribution in [2.45, 2.75) is 71.6 Å². The maximum Gasteiger partial charge on any atom is 0.407 e. The number of anilines is 1. The number of rotatable bonds is 4. The Bertz CT molecular complexity index is 835. The smallest absolute Gasteiger partial charge is 0.407 e. The number of carbonyl (C=O) groups is 1. The SMILES string of the molecule is CCc1cc(N2CCC(NC(=O)OC(C)(C)C)CC2C)nc(-c2ccncc2)n1. The van der Waals surface area contributed by atoms with Crippen molar-refractivity contribution in [3.8, 4) is 11.4 Å². The molecule has 0 spiro atoms. The zero-order chi connectivity index (χ0) is 21.0. The fourth-order valence-corrected chi connectivity index (χ4v) is 3.56. The summed E-state index contributed by atoms with van der Waals surface area (Å²) in [6, 6.07) is 6.28. The average Bonchev–Trinajstić information content (AvgIpc) is 2.67. The van der Waals surface area contributed by atoms with E-state index < -0.39 is 5.60 Å². The summed E-state index contributed by atoms with van der Waals surface area (Å²) >= 11 is 0. The predicted molar refractivity (Wildman–Crippen MR) is 114 cm³/mol. The third-order valence-electron chi connectivity index (χ3n) is 4.96. The molecule has 1 aliphatic heterocycles. The molecule has 3 rings (SSSR count). The van der Waals surface area contributed by atoms with Crippen molar-refractivity contribution in [3.63, 3.8) is 0 Å². The summed E-state index contributed by atoms with van der Waals surface area (Å²) in [4.78, 5) is 28.0. The number of nitrogens with one attached hydrogen (secondary N) is 1. The van der Waals surface area contributed by atoms with Crippen LogP contribution in [0.5, 0.6) is 0 Å². The lowest BCUT2D eigenvalue weighted by molar-refractivity contribution is 0.0494. The topological polar surface area (TPSA) is 80.2 Å². The molecule has 2 unspecified atom stereocenters. The van der Waals surface area contributed by atoms with Crippen LogP contribution in [0.2, 0.25) is 0 Å². The van der Waals surface area contributed by atoms with Gasteiger partial charge in [0.1, 0.15) is 11.4 Å². The number of ether oxygens (including phenoxy) is 1. The van der Waals surface area contributed by atoms with Crippen LogP contribution in [0.1, 0.15) is 53.2 Å². The van der Waals surface area contributed by atoms with E-state index >= 15 is 0 Å². The van der Waals surface area contributed by atoms with Crippen LogP contribution in [0.3, 0.4) is 0 Å². The van der Waals surface area contributed by atoms with Crippen molar-refractivity contribution < 1.29 is 9.53 Å². The Labute approximate surface area is 172 Å². The van der Waals surface area contributed by atoms with Crippen LogP contribution >= 0.6 is 0 Å². The second kappa shape index (κ2) is 8.76. The molecule has 29 heavy (non-hydrogen) atoms. The molecular formula is C22H31N5O2. The van der Waals surface area contributed by atoms with E-state index in [0.29, 0.717) is 0 Å². The first-order valence-corrected chi connectivity index (χ1v) is 10.3. The highest BCUT2D eigenvalue weighted by molar-refractivity contribution is 5.68. The minimum atomic E-state index is -0.489. The van der Waals surface area contributed by atoms with Gasteiger partial charge < -0.3 is 15.0 Å². The Morgan fingerprint density at radius 2 is 2.00 bits per heavy atom. The minimum Gasteiger partial charge on any atom is -0.444 e. The van der Waals surface area contributed by atoms with Gasteiger partial charge in [0, 0.05) is 48.3 Å². The van der Waals surface area contributed by atoms with Crippen LogP contribution in [0, 0.1) is 0 Å². The van der Waals surface area contributed by atoms with Gasteiger partial charge in [-0.05, 0) is 59.1 Å². The van der Waals surface area contributed by atoms with Crippen molar-refractivity contribution in [3.05, 3.63) is 36.3 Å². The zero-order valence-electron chi connectivity index (χ0n) is 18.0. The number of alkyl carbamates (subject to hydrolysis) is 1. The van der Waals surface area contributed by atoms with Gasteiger partial charge in [0.15, 0.2) is 5.82 Å². The third-order valence-corrected chi connectivity index (χ3v) is 4.96. The standard InChI is InChI=1S/C22H31N5O2/c1-6-17-14-19(26-20(24-17)16-7-10-23-11-8-16)27-12-9-18(13-15(27)2)25-21(28)29-22(3,4)5/h7-8,10-11,14-15,18H,6,9,12-13H2,1-5H3,(H,25,28). The largest absolute Gasteiger partial charge is 0.444 e. The second-order valence-corrected chi connectivity index (χ2v) is 8.54. The first kappa shape index (κ1) is 21.0. The molecule has 1 fully saturated rings. The third kappa shape index (κ3) is 5.65. The number of aryl methyl sites for hydroxylation is 1. The zero-order valence-corrected chi connectivity index (χ0v) is 18.0.